The molecule has 0 bridgehead atoms. The van der Waals surface area contributed by atoms with Gasteiger partial charge in [0.2, 0.25) is 11.5 Å². The molecular weight excluding hydrogens is 404 g/mol. The highest BCUT2D eigenvalue weighted by Gasteiger charge is 2.20. The number of nitrogens with one attached hydrogen (secondary N) is 2. The van der Waals surface area contributed by atoms with E-state index in [1.54, 1.807) is 6.07 Å². The van der Waals surface area contributed by atoms with Gasteiger partial charge in [-0.15, -0.1) is 0 Å². The molecule has 3 heterocycles. The second-order valence-electron chi connectivity index (χ2n) is 8.69. The summed E-state index contributed by atoms with van der Waals surface area (Å²) in [5.41, 5.74) is 4.85. The largest absolute Gasteiger partial charge is 0.388 e. The summed E-state index contributed by atoms with van der Waals surface area (Å²) in [5.74, 6) is 0.0589. The molecule has 1 amide bonds. The number of aliphatic hydroxyl groups is 1. The molecule has 3 N–H and O–H groups in total. The molecule has 0 saturated carbocycles. The molecule has 1 saturated heterocycles. The normalized spacial score (nSPS) is 17.8. The maximum atomic E-state index is 11.5. The van der Waals surface area contributed by atoms with E-state index in [-0.39, 0.29) is 11.5 Å². The molecule has 1 aromatic heterocycles. The number of piperazine rings is 1. The van der Waals surface area contributed by atoms with Crippen molar-refractivity contribution in [3.8, 4) is 0 Å². The zero-order chi connectivity index (χ0) is 22.1. The predicted molar refractivity (Wildman–Crippen MR) is 126 cm³/mol. The van der Waals surface area contributed by atoms with Gasteiger partial charge in [0.05, 0.1) is 6.10 Å². The van der Waals surface area contributed by atoms with Crippen LogP contribution in [0.1, 0.15) is 30.1 Å². The zero-order valence-electron chi connectivity index (χ0n) is 18.0. The lowest BCUT2D eigenvalue weighted by Gasteiger charge is -2.36. The SMILES string of the molecule is O=C1CCc2cc(C(O)CCN3CCN(c4ccc5[nH]c(=O)ccc5c4)CC3)ccc2N1. The van der Waals surface area contributed by atoms with Crippen LogP contribution in [0.5, 0.6) is 0 Å². The number of carbonyl (C=O) groups excluding carboxylic acids is 1. The first-order valence-electron chi connectivity index (χ1n) is 11.3. The van der Waals surface area contributed by atoms with Crippen LogP contribution in [-0.2, 0) is 11.2 Å². The molecule has 32 heavy (non-hydrogen) atoms. The van der Waals surface area contributed by atoms with Crippen molar-refractivity contribution in [1.29, 1.82) is 0 Å². The number of H-pyrrole nitrogens is 1. The highest BCUT2D eigenvalue weighted by molar-refractivity contribution is 5.93. The first-order chi connectivity index (χ1) is 15.5. The molecule has 7 nitrogen and oxygen atoms in total. The average Bonchev–Trinajstić information content (AvgIpc) is 2.82. The number of rotatable bonds is 5. The minimum absolute atomic E-state index is 0.0589. The summed E-state index contributed by atoms with van der Waals surface area (Å²) in [4.78, 5) is 30.6. The molecule has 0 radical (unpaired) electrons. The lowest BCUT2D eigenvalue weighted by atomic mass is 9.97. The van der Waals surface area contributed by atoms with Gasteiger partial charge in [-0.05, 0) is 54.3 Å². The van der Waals surface area contributed by atoms with Gasteiger partial charge in [-0.3, -0.25) is 14.5 Å². The summed E-state index contributed by atoms with van der Waals surface area (Å²) in [6.07, 6.45) is 1.42. The minimum Gasteiger partial charge on any atom is -0.388 e. The first-order valence-corrected chi connectivity index (χ1v) is 11.3. The Morgan fingerprint density at radius 2 is 1.78 bits per heavy atom. The number of carbonyl (C=O) groups is 1. The van der Waals surface area contributed by atoms with Gasteiger partial charge in [0.1, 0.15) is 0 Å². The molecule has 0 spiro atoms. The van der Waals surface area contributed by atoms with Crippen LogP contribution >= 0.6 is 0 Å². The van der Waals surface area contributed by atoms with E-state index in [9.17, 15) is 14.7 Å². The number of anilines is 2. The Morgan fingerprint density at radius 3 is 2.62 bits per heavy atom. The number of aryl methyl sites for hydroxylation is 1. The van der Waals surface area contributed by atoms with E-state index in [1.807, 2.05) is 30.3 Å². The summed E-state index contributed by atoms with van der Waals surface area (Å²) in [5, 5.41) is 14.6. The quantitative estimate of drug-likeness (QED) is 0.577. The van der Waals surface area contributed by atoms with Crippen molar-refractivity contribution >= 4 is 28.2 Å². The minimum atomic E-state index is -0.501. The number of nitrogens with zero attached hydrogens (tertiary/aromatic N) is 2. The number of amides is 1. The molecular formula is C25H28N4O3. The lowest BCUT2D eigenvalue weighted by Crippen LogP contribution is -2.46. The van der Waals surface area contributed by atoms with Gasteiger partial charge < -0.3 is 20.3 Å². The number of hydrogen-bond donors (Lipinski definition) is 3. The molecule has 2 aromatic carbocycles. The van der Waals surface area contributed by atoms with Crippen molar-refractivity contribution in [2.24, 2.45) is 0 Å². The van der Waals surface area contributed by atoms with Gasteiger partial charge in [-0.1, -0.05) is 12.1 Å². The third-order valence-corrected chi connectivity index (χ3v) is 6.57. The summed E-state index contributed by atoms with van der Waals surface area (Å²) in [6.45, 7) is 4.62. The Hall–Kier alpha value is -3.16. The molecule has 166 valence electrons. The number of benzene rings is 2. The predicted octanol–water partition coefficient (Wildman–Crippen LogP) is 2.66. The number of hydrogen-bond acceptors (Lipinski definition) is 5. The fourth-order valence-corrected chi connectivity index (χ4v) is 4.65. The van der Waals surface area contributed by atoms with Crippen molar-refractivity contribution < 1.29 is 9.90 Å². The van der Waals surface area contributed by atoms with Gasteiger partial charge >= 0.3 is 0 Å². The number of fused-ring (bicyclic) bond motifs is 2. The topological polar surface area (TPSA) is 88.7 Å². The number of aliphatic hydroxyl groups excluding tert-OH is 1. The third kappa shape index (κ3) is 4.40. The Kier molecular flexibility index (Phi) is 5.68. The van der Waals surface area contributed by atoms with E-state index >= 15 is 0 Å². The highest BCUT2D eigenvalue weighted by Crippen LogP contribution is 2.28. The van der Waals surface area contributed by atoms with E-state index in [1.165, 1.54) is 5.69 Å². The summed E-state index contributed by atoms with van der Waals surface area (Å²) >= 11 is 0. The Balaban J connectivity index is 1.15. The van der Waals surface area contributed by atoms with E-state index < -0.39 is 6.10 Å². The Bertz CT molecular complexity index is 1200. The summed E-state index contributed by atoms with van der Waals surface area (Å²) in [7, 11) is 0. The summed E-state index contributed by atoms with van der Waals surface area (Å²) in [6, 6.07) is 15.4. The second kappa shape index (κ2) is 8.76. The monoisotopic (exact) mass is 432 g/mol. The van der Waals surface area contributed by atoms with E-state index in [0.717, 1.165) is 66.9 Å². The fourth-order valence-electron chi connectivity index (χ4n) is 4.65. The second-order valence-corrected chi connectivity index (χ2v) is 8.69. The van der Waals surface area contributed by atoms with Gasteiger partial charge in [0, 0.05) is 67.5 Å². The van der Waals surface area contributed by atoms with Crippen molar-refractivity contribution in [1.82, 2.24) is 9.88 Å². The molecule has 5 rings (SSSR count). The van der Waals surface area contributed by atoms with E-state index in [4.69, 9.17) is 0 Å². The highest BCUT2D eigenvalue weighted by atomic mass is 16.3. The van der Waals surface area contributed by atoms with Gasteiger partial charge in [0.25, 0.3) is 0 Å². The standard InChI is InChI=1S/C25H28N4O3/c30-23(19-1-5-21-17(15-19)2-7-24(31)26-21)9-10-28-11-13-29(14-12-28)20-4-6-22-18(16-20)3-8-25(32)27-22/h1,3-6,8,15-16,23,30H,2,7,9-14H2,(H,26,31)(H,27,32). The van der Waals surface area contributed by atoms with Crippen LogP contribution < -0.4 is 15.8 Å². The first kappa shape index (κ1) is 20.7. The lowest BCUT2D eigenvalue weighted by molar-refractivity contribution is -0.116. The van der Waals surface area contributed by atoms with Crippen LogP contribution in [0.25, 0.3) is 10.9 Å². The van der Waals surface area contributed by atoms with Crippen LogP contribution in [0.2, 0.25) is 0 Å². The maximum absolute atomic E-state index is 11.5. The number of pyridine rings is 1. The maximum Gasteiger partial charge on any atom is 0.248 e. The Morgan fingerprint density at radius 1 is 0.938 bits per heavy atom. The molecule has 2 aliphatic heterocycles. The molecule has 1 unspecified atom stereocenters. The van der Waals surface area contributed by atoms with Crippen molar-refractivity contribution in [2.75, 3.05) is 42.9 Å². The van der Waals surface area contributed by atoms with Gasteiger partial charge in [0.15, 0.2) is 0 Å². The van der Waals surface area contributed by atoms with E-state index in [0.29, 0.717) is 12.8 Å². The molecule has 1 fully saturated rings. The average molecular weight is 433 g/mol. The van der Waals surface area contributed by atoms with Crippen LogP contribution in [-0.4, -0.2) is 53.6 Å². The molecule has 2 aliphatic rings. The van der Waals surface area contributed by atoms with Crippen LogP contribution in [0.4, 0.5) is 11.4 Å². The Labute approximate surface area is 186 Å². The molecule has 0 aliphatic carbocycles. The number of aromatic amines is 1. The smallest absolute Gasteiger partial charge is 0.248 e. The number of aromatic nitrogens is 1. The zero-order valence-corrected chi connectivity index (χ0v) is 18.0. The van der Waals surface area contributed by atoms with E-state index in [2.05, 4.69) is 32.2 Å². The molecule has 7 heteroatoms. The van der Waals surface area contributed by atoms with Gasteiger partial charge in [-0.2, -0.15) is 0 Å². The summed E-state index contributed by atoms with van der Waals surface area (Å²) < 4.78 is 0. The molecule has 1 atom stereocenters. The van der Waals surface area contributed by atoms with Crippen molar-refractivity contribution in [3.05, 3.63) is 70.0 Å². The van der Waals surface area contributed by atoms with Crippen LogP contribution in [0.15, 0.2) is 53.3 Å². The van der Waals surface area contributed by atoms with Gasteiger partial charge in [-0.25, -0.2) is 0 Å². The van der Waals surface area contributed by atoms with Crippen LogP contribution in [0, 0.1) is 0 Å². The van der Waals surface area contributed by atoms with Crippen molar-refractivity contribution in [3.63, 3.8) is 0 Å². The third-order valence-electron chi connectivity index (χ3n) is 6.57. The van der Waals surface area contributed by atoms with Crippen molar-refractivity contribution in [2.45, 2.75) is 25.4 Å². The van der Waals surface area contributed by atoms with Crippen LogP contribution in [0.3, 0.4) is 0 Å². The fraction of sp³-hybridized carbons (Fsp3) is 0.360. The molecule has 3 aromatic rings.